The second-order valence-electron chi connectivity index (χ2n) is 2.59. The van der Waals surface area contributed by atoms with Crippen molar-refractivity contribution in [3.63, 3.8) is 0 Å². The van der Waals surface area contributed by atoms with Crippen LogP contribution in [0.2, 0.25) is 0 Å². The van der Waals surface area contributed by atoms with Gasteiger partial charge < -0.3 is 13.6 Å². The molecule has 3 nitrogen and oxygen atoms in total. The van der Waals surface area contributed by atoms with Gasteiger partial charge in [-0.15, -0.1) is 0 Å². The first-order chi connectivity index (χ1) is 6.36. The SMILES string of the molecule is COCCNc1ccc(NI)cc1. The van der Waals surface area contributed by atoms with Crippen LogP contribution in [-0.4, -0.2) is 20.3 Å². The van der Waals surface area contributed by atoms with Crippen LogP contribution in [0.4, 0.5) is 11.4 Å². The molecule has 4 heteroatoms. The lowest BCUT2D eigenvalue weighted by atomic mass is 10.3. The summed E-state index contributed by atoms with van der Waals surface area (Å²) in [4.78, 5) is 0. The third-order valence-electron chi connectivity index (χ3n) is 1.63. The van der Waals surface area contributed by atoms with Crippen molar-refractivity contribution in [3.8, 4) is 0 Å². The van der Waals surface area contributed by atoms with Crippen molar-refractivity contribution in [2.24, 2.45) is 0 Å². The zero-order valence-corrected chi connectivity index (χ0v) is 9.67. The van der Waals surface area contributed by atoms with Gasteiger partial charge in [0.25, 0.3) is 0 Å². The number of hydrogen-bond acceptors (Lipinski definition) is 3. The van der Waals surface area contributed by atoms with Crippen LogP contribution < -0.4 is 8.85 Å². The number of methoxy groups -OCH3 is 1. The molecule has 0 aliphatic heterocycles. The summed E-state index contributed by atoms with van der Waals surface area (Å²) < 4.78 is 7.97. The maximum Gasteiger partial charge on any atom is 0.0635 e. The van der Waals surface area contributed by atoms with Crippen LogP contribution in [0.1, 0.15) is 0 Å². The number of ether oxygens (including phenoxy) is 1. The van der Waals surface area contributed by atoms with Gasteiger partial charge in [-0.05, 0) is 24.3 Å². The normalized spacial score (nSPS) is 9.69. The van der Waals surface area contributed by atoms with Crippen LogP contribution in [0.5, 0.6) is 0 Å². The highest BCUT2D eigenvalue weighted by molar-refractivity contribution is 14.1. The maximum atomic E-state index is 4.93. The molecule has 13 heavy (non-hydrogen) atoms. The van der Waals surface area contributed by atoms with Crippen molar-refractivity contribution in [3.05, 3.63) is 24.3 Å². The number of nitrogens with one attached hydrogen (secondary N) is 2. The Bertz CT molecular complexity index is 238. The van der Waals surface area contributed by atoms with Gasteiger partial charge in [-0.25, -0.2) is 0 Å². The van der Waals surface area contributed by atoms with Crippen molar-refractivity contribution in [2.45, 2.75) is 0 Å². The molecule has 1 aromatic rings. The lowest BCUT2D eigenvalue weighted by molar-refractivity contribution is 0.211. The van der Waals surface area contributed by atoms with Crippen molar-refractivity contribution in [2.75, 3.05) is 29.1 Å². The fraction of sp³-hybridized carbons (Fsp3) is 0.333. The van der Waals surface area contributed by atoms with E-state index >= 15 is 0 Å². The van der Waals surface area contributed by atoms with E-state index in [4.69, 9.17) is 4.74 Å². The Balaban J connectivity index is 2.40. The highest BCUT2D eigenvalue weighted by Gasteiger charge is 1.91. The van der Waals surface area contributed by atoms with E-state index < -0.39 is 0 Å². The first-order valence-corrected chi connectivity index (χ1v) is 5.14. The molecule has 0 aromatic heterocycles. The van der Waals surface area contributed by atoms with Gasteiger partial charge in [-0.2, -0.15) is 0 Å². The minimum atomic E-state index is 0.728. The second kappa shape index (κ2) is 6.04. The van der Waals surface area contributed by atoms with E-state index in [1.807, 2.05) is 24.3 Å². The van der Waals surface area contributed by atoms with E-state index in [9.17, 15) is 0 Å². The minimum Gasteiger partial charge on any atom is -0.383 e. The van der Waals surface area contributed by atoms with Gasteiger partial charge in [0.05, 0.1) is 29.5 Å². The van der Waals surface area contributed by atoms with E-state index in [2.05, 4.69) is 31.7 Å². The van der Waals surface area contributed by atoms with E-state index in [1.54, 1.807) is 7.11 Å². The maximum absolute atomic E-state index is 4.93. The van der Waals surface area contributed by atoms with Gasteiger partial charge in [-0.1, -0.05) is 0 Å². The highest BCUT2D eigenvalue weighted by atomic mass is 127. The van der Waals surface area contributed by atoms with E-state index in [0.29, 0.717) is 0 Å². The molecule has 0 atom stereocenters. The molecule has 0 spiro atoms. The minimum absolute atomic E-state index is 0.728. The number of hydrogen-bond donors (Lipinski definition) is 2. The summed E-state index contributed by atoms with van der Waals surface area (Å²) in [6, 6.07) is 8.14. The summed E-state index contributed by atoms with van der Waals surface area (Å²) in [6.45, 7) is 1.57. The van der Waals surface area contributed by atoms with Crippen LogP contribution >= 0.6 is 22.9 Å². The number of rotatable bonds is 5. The number of halogens is 1. The molecule has 0 aliphatic rings. The van der Waals surface area contributed by atoms with Gasteiger partial charge >= 0.3 is 0 Å². The molecule has 0 saturated heterocycles. The molecule has 0 unspecified atom stereocenters. The number of benzene rings is 1. The molecule has 72 valence electrons. The first-order valence-electron chi connectivity index (χ1n) is 4.06. The smallest absolute Gasteiger partial charge is 0.0635 e. The van der Waals surface area contributed by atoms with Crippen LogP contribution in [0, 0.1) is 0 Å². The molecule has 0 amide bonds. The Morgan fingerprint density at radius 3 is 2.38 bits per heavy atom. The molecular formula is C9H13IN2O. The Morgan fingerprint density at radius 1 is 1.23 bits per heavy atom. The average molecular weight is 292 g/mol. The van der Waals surface area contributed by atoms with Crippen LogP contribution in [0.25, 0.3) is 0 Å². The highest BCUT2D eigenvalue weighted by Crippen LogP contribution is 2.14. The Labute approximate surface area is 92.4 Å². The van der Waals surface area contributed by atoms with Gasteiger partial charge in [0.1, 0.15) is 0 Å². The van der Waals surface area contributed by atoms with Gasteiger partial charge in [0, 0.05) is 25.0 Å². The standard InChI is InChI=1S/C9H13IN2O/c1-13-7-6-11-8-2-4-9(12-10)5-3-8/h2-5,11-12H,6-7H2,1H3. The average Bonchev–Trinajstić information content (AvgIpc) is 2.19. The summed E-state index contributed by atoms with van der Waals surface area (Å²) in [6.07, 6.45) is 0. The van der Waals surface area contributed by atoms with E-state index in [1.165, 1.54) is 0 Å². The molecule has 1 rings (SSSR count). The molecule has 0 saturated carbocycles. The van der Waals surface area contributed by atoms with Crippen molar-refractivity contribution in [1.29, 1.82) is 0 Å². The zero-order valence-electron chi connectivity index (χ0n) is 7.51. The van der Waals surface area contributed by atoms with Gasteiger partial charge in [-0.3, -0.25) is 0 Å². The Hall–Kier alpha value is -0.490. The molecule has 0 radical (unpaired) electrons. The predicted octanol–water partition coefficient (Wildman–Crippen LogP) is 2.51. The molecule has 1 aromatic carbocycles. The summed E-state index contributed by atoms with van der Waals surface area (Å²) >= 11 is 2.11. The van der Waals surface area contributed by atoms with Crippen LogP contribution in [0.3, 0.4) is 0 Å². The van der Waals surface area contributed by atoms with Crippen molar-refractivity contribution >= 4 is 34.2 Å². The van der Waals surface area contributed by atoms with Crippen LogP contribution in [0.15, 0.2) is 24.3 Å². The van der Waals surface area contributed by atoms with Crippen molar-refractivity contribution in [1.82, 2.24) is 0 Å². The summed E-state index contributed by atoms with van der Waals surface area (Å²) in [5.74, 6) is 0. The molecular weight excluding hydrogens is 279 g/mol. The second-order valence-corrected chi connectivity index (χ2v) is 3.13. The van der Waals surface area contributed by atoms with Crippen LogP contribution in [-0.2, 0) is 4.74 Å². The molecule has 0 bridgehead atoms. The zero-order chi connectivity index (χ0) is 9.52. The van der Waals surface area contributed by atoms with E-state index in [-0.39, 0.29) is 0 Å². The third-order valence-corrected chi connectivity index (χ3v) is 2.25. The molecule has 0 fully saturated rings. The summed E-state index contributed by atoms with van der Waals surface area (Å²) in [7, 11) is 1.70. The summed E-state index contributed by atoms with van der Waals surface area (Å²) in [5, 5.41) is 3.24. The molecule has 2 N–H and O–H groups in total. The Kier molecular flexibility index (Phi) is 4.92. The Morgan fingerprint density at radius 2 is 1.85 bits per heavy atom. The predicted molar refractivity (Wildman–Crippen MR) is 64.5 cm³/mol. The topological polar surface area (TPSA) is 33.3 Å². The monoisotopic (exact) mass is 292 g/mol. The fourth-order valence-corrected chi connectivity index (χ4v) is 1.31. The molecule has 0 heterocycles. The lowest BCUT2D eigenvalue weighted by Crippen LogP contribution is -2.07. The summed E-state index contributed by atoms with van der Waals surface area (Å²) in [5.41, 5.74) is 2.23. The lowest BCUT2D eigenvalue weighted by Gasteiger charge is -2.05. The van der Waals surface area contributed by atoms with E-state index in [0.717, 1.165) is 24.5 Å². The third kappa shape index (κ3) is 3.82. The van der Waals surface area contributed by atoms with Gasteiger partial charge in [0.15, 0.2) is 0 Å². The van der Waals surface area contributed by atoms with Crippen molar-refractivity contribution < 1.29 is 4.74 Å². The fourth-order valence-electron chi connectivity index (χ4n) is 0.949. The quantitative estimate of drug-likeness (QED) is 0.497. The number of anilines is 2. The molecule has 0 aliphatic carbocycles. The first kappa shape index (κ1) is 10.6. The van der Waals surface area contributed by atoms with Gasteiger partial charge in [0.2, 0.25) is 0 Å². The largest absolute Gasteiger partial charge is 0.383 e.